The molecule has 1 aliphatic heterocycles. The van der Waals surface area contributed by atoms with Gasteiger partial charge in [0.25, 0.3) is 0 Å². The van der Waals surface area contributed by atoms with Gasteiger partial charge in [0.15, 0.2) is 0 Å². The zero-order valence-corrected chi connectivity index (χ0v) is 11.1. The number of nitrogens with two attached hydrogens (primary N) is 1. The highest BCUT2D eigenvalue weighted by Crippen LogP contribution is 2.21. The molecule has 1 heterocycles. The Morgan fingerprint density at radius 2 is 1.94 bits per heavy atom. The molecule has 1 saturated heterocycles. The third kappa shape index (κ3) is 2.74. The number of likely N-dealkylation sites (N-methyl/N-ethyl adjacent to an activating group) is 1. The first-order valence-electron chi connectivity index (χ1n) is 6.05. The van der Waals surface area contributed by atoms with E-state index in [0.29, 0.717) is 12.0 Å². The lowest BCUT2D eigenvalue weighted by atomic mass is 10.0. The van der Waals surface area contributed by atoms with Crippen molar-refractivity contribution in [2.45, 2.75) is 32.9 Å². The Morgan fingerprint density at radius 3 is 2.31 bits per heavy atom. The Balaban J connectivity index is 2.61. The van der Waals surface area contributed by atoms with Gasteiger partial charge in [-0.15, -0.1) is 0 Å². The average molecular weight is 227 g/mol. The van der Waals surface area contributed by atoms with Crippen LogP contribution in [0.15, 0.2) is 0 Å². The molecule has 1 fully saturated rings. The van der Waals surface area contributed by atoms with Crippen molar-refractivity contribution in [2.24, 2.45) is 17.6 Å². The summed E-state index contributed by atoms with van der Waals surface area (Å²) in [5, 5.41) is 0. The van der Waals surface area contributed by atoms with Crippen molar-refractivity contribution in [3.05, 3.63) is 0 Å². The molecule has 0 bridgehead atoms. The molecule has 3 atom stereocenters. The molecule has 0 aromatic carbocycles. The normalized spacial score (nSPS) is 27.9. The summed E-state index contributed by atoms with van der Waals surface area (Å²) < 4.78 is 0. The fraction of sp³-hybridized carbons (Fsp3) is 0.917. The summed E-state index contributed by atoms with van der Waals surface area (Å²) in [7, 11) is 4.13. The summed E-state index contributed by atoms with van der Waals surface area (Å²) in [6.45, 7) is 7.82. The van der Waals surface area contributed by atoms with E-state index >= 15 is 0 Å². The maximum atomic E-state index is 12.1. The number of likely N-dealkylation sites (tertiary alicyclic amines) is 1. The molecule has 1 amide bonds. The largest absolute Gasteiger partial charge is 0.339 e. The SMILES string of the molecule is CC(C)C(N)C(=O)N1CC(C)C(N(C)C)C1. The van der Waals surface area contributed by atoms with Gasteiger partial charge >= 0.3 is 0 Å². The number of amides is 1. The zero-order valence-electron chi connectivity index (χ0n) is 11.1. The van der Waals surface area contributed by atoms with E-state index in [0.717, 1.165) is 13.1 Å². The molecule has 0 radical (unpaired) electrons. The van der Waals surface area contributed by atoms with Gasteiger partial charge in [-0.3, -0.25) is 4.79 Å². The van der Waals surface area contributed by atoms with Gasteiger partial charge in [0, 0.05) is 19.1 Å². The van der Waals surface area contributed by atoms with Crippen LogP contribution < -0.4 is 5.73 Å². The molecule has 1 rings (SSSR count). The number of carbonyl (C=O) groups is 1. The molecule has 16 heavy (non-hydrogen) atoms. The number of hydrogen-bond acceptors (Lipinski definition) is 3. The maximum Gasteiger partial charge on any atom is 0.239 e. The van der Waals surface area contributed by atoms with E-state index in [1.165, 1.54) is 0 Å². The second kappa shape index (κ2) is 5.15. The molecule has 0 saturated carbocycles. The molecular formula is C12H25N3O. The highest BCUT2D eigenvalue weighted by molar-refractivity contribution is 5.82. The summed E-state index contributed by atoms with van der Waals surface area (Å²) in [5.74, 6) is 0.839. The van der Waals surface area contributed by atoms with Crippen LogP contribution >= 0.6 is 0 Å². The number of carbonyl (C=O) groups excluding carboxylic acids is 1. The van der Waals surface area contributed by atoms with E-state index in [1.807, 2.05) is 18.7 Å². The monoisotopic (exact) mass is 227 g/mol. The zero-order chi connectivity index (χ0) is 12.5. The Kier molecular flexibility index (Phi) is 4.33. The Hall–Kier alpha value is -0.610. The molecule has 2 N–H and O–H groups in total. The van der Waals surface area contributed by atoms with Gasteiger partial charge in [-0.25, -0.2) is 0 Å². The summed E-state index contributed by atoms with van der Waals surface area (Å²) >= 11 is 0. The van der Waals surface area contributed by atoms with Crippen molar-refractivity contribution < 1.29 is 4.79 Å². The van der Waals surface area contributed by atoms with Gasteiger partial charge in [0.1, 0.15) is 0 Å². The van der Waals surface area contributed by atoms with Crippen molar-refractivity contribution >= 4 is 5.91 Å². The summed E-state index contributed by atoms with van der Waals surface area (Å²) in [5.41, 5.74) is 5.90. The predicted molar refractivity (Wildman–Crippen MR) is 66.0 cm³/mol. The Labute approximate surface area is 98.8 Å². The van der Waals surface area contributed by atoms with Crippen molar-refractivity contribution in [3.8, 4) is 0 Å². The first kappa shape index (κ1) is 13.5. The lowest BCUT2D eigenvalue weighted by molar-refractivity contribution is -0.132. The lowest BCUT2D eigenvalue weighted by Crippen LogP contribution is -2.46. The number of nitrogens with zero attached hydrogens (tertiary/aromatic N) is 2. The molecule has 0 aromatic rings. The minimum Gasteiger partial charge on any atom is -0.339 e. The molecule has 0 aliphatic carbocycles. The molecule has 4 heteroatoms. The topological polar surface area (TPSA) is 49.6 Å². The van der Waals surface area contributed by atoms with Crippen LogP contribution in [0.2, 0.25) is 0 Å². The van der Waals surface area contributed by atoms with Gasteiger partial charge < -0.3 is 15.5 Å². The first-order valence-corrected chi connectivity index (χ1v) is 6.05. The van der Waals surface area contributed by atoms with E-state index in [-0.39, 0.29) is 17.9 Å². The van der Waals surface area contributed by atoms with Crippen molar-refractivity contribution in [1.82, 2.24) is 9.80 Å². The van der Waals surface area contributed by atoms with Crippen molar-refractivity contribution in [1.29, 1.82) is 0 Å². The second-order valence-corrected chi connectivity index (χ2v) is 5.52. The Bertz CT molecular complexity index is 253. The van der Waals surface area contributed by atoms with E-state index in [4.69, 9.17) is 5.73 Å². The van der Waals surface area contributed by atoms with E-state index in [1.54, 1.807) is 0 Å². The molecule has 0 spiro atoms. The van der Waals surface area contributed by atoms with Gasteiger partial charge in [-0.1, -0.05) is 20.8 Å². The van der Waals surface area contributed by atoms with Crippen LogP contribution in [-0.2, 0) is 4.79 Å². The van der Waals surface area contributed by atoms with Crippen LogP contribution in [0.25, 0.3) is 0 Å². The van der Waals surface area contributed by atoms with Crippen LogP contribution in [0.1, 0.15) is 20.8 Å². The highest BCUT2D eigenvalue weighted by Gasteiger charge is 2.35. The van der Waals surface area contributed by atoms with Gasteiger partial charge in [0.05, 0.1) is 6.04 Å². The number of rotatable bonds is 3. The third-order valence-corrected chi connectivity index (χ3v) is 3.55. The molecule has 3 unspecified atom stereocenters. The second-order valence-electron chi connectivity index (χ2n) is 5.52. The smallest absolute Gasteiger partial charge is 0.239 e. The van der Waals surface area contributed by atoms with Gasteiger partial charge in [0.2, 0.25) is 5.91 Å². The first-order chi connectivity index (χ1) is 7.34. The van der Waals surface area contributed by atoms with Gasteiger partial charge in [-0.2, -0.15) is 0 Å². The van der Waals surface area contributed by atoms with Crippen LogP contribution in [0.3, 0.4) is 0 Å². The highest BCUT2D eigenvalue weighted by atomic mass is 16.2. The minimum atomic E-state index is -0.354. The molecule has 4 nitrogen and oxygen atoms in total. The van der Waals surface area contributed by atoms with Crippen LogP contribution in [0.5, 0.6) is 0 Å². The minimum absolute atomic E-state index is 0.103. The summed E-state index contributed by atoms with van der Waals surface area (Å²) in [6, 6.07) is 0.108. The fourth-order valence-corrected chi connectivity index (χ4v) is 2.30. The predicted octanol–water partition coefficient (Wildman–Crippen LogP) is 0.378. The van der Waals surface area contributed by atoms with E-state index in [9.17, 15) is 4.79 Å². The van der Waals surface area contributed by atoms with E-state index < -0.39 is 0 Å². The quantitative estimate of drug-likeness (QED) is 0.758. The fourth-order valence-electron chi connectivity index (χ4n) is 2.30. The van der Waals surface area contributed by atoms with Crippen LogP contribution in [-0.4, -0.2) is 55.0 Å². The van der Waals surface area contributed by atoms with Gasteiger partial charge in [-0.05, 0) is 25.9 Å². The Morgan fingerprint density at radius 1 is 1.38 bits per heavy atom. The lowest BCUT2D eigenvalue weighted by Gasteiger charge is -2.24. The summed E-state index contributed by atoms with van der Waals surface area (Å²) in [4.78, 5) is 16.2. The average Bonchev–Trinajstić information content (AvgIpc) is 2.58. The van der Waals surface area contributed by atoms with E-state index in [2.05, 4.69) is 25.9 Å². The molecular weight excluding hydrogens is 202 g/mol. The summed E-state index contributed by atoms with van der Waals surface area (Å²) in [6.07, 6.45) is 0. The molecule has 94 valence electrons. The van der Waals surface area contributed by atoms with Crippen molar-refractivity contribution in [3.63, 3.8) is 0 Å². The maximum absolute atomic E-state index is 12.1. The standard InChI is InChI=1S/C12H25N3O/c1-8(2)11(13)12(16)15-6-9(3)10(7-15)14(4)5/h8-11H,6-7,13H2,1-5H3. The molecule has 1 aliphatic rings. The number of hydrogen-bond donors (Lipinski definition) is 1. The van der Waals surface area contributed by atoms with Crippen molar-refractivity contribution in [2.75, 3.05) is 27.2 Å². The van der Waals surface area contributed by atoms with Crippen LogP contribution in [0, 0.1) is 11.8 Å². The molecule has 0 aromatic heterocycles. The van der Waals surface area contributed by atoms with Crippen LogP contribution in [0.4, 0.5) is 0 Å². The third-order valence-electron chi connectivity index (χ3n) is 3.55.